The van der Waals surface area contributed by atoms with E-state index in [4.69, 9.17) is 17.0 Å². The number of ether oxygens (including phenoxy) is 1. The maximum atomic E-state index is 12.2. The van der Waals surface area contributed by atoms with Crippen LogP contribution in [0.15, 0.2) is 41.3 Å². The van der Waals surface area contributed by atoms with E-state index in [2.05, 4.69) is 6.07 Å². The summed E-state index contributed by atoms with van der Waals surface area (Å²) in [5.41, 5.74) is 0.995. The first-order valence-corrected chi connectivity index (χ1v) is 8.18. The zero-order valence-electron chi connectivity index (χ0n) is 12.3. The van der Waals surface area contributed by atoms with Crippen LogP contribution < -0.4 is 4.74 Å². The van der Waals surface area contributed by atoms with Gasteiger partial charge in [0.1, 0.15) is 10.1 Å². The second-order valence-corrected chi connectivity index (χ2v) is 6.57. The van der Waals surface area contributed by atoms with E-state index >= 15 is 0 Å². The number of amides is 1. The van der Waals surface area contributed by atoms with Gasteiger partial charge in [0.15, 0.2) is 0 Å². The van der Waals surface area contributed by atoms with Crippen LogP contribution in [-0.2, 0) is 4.79 Å². The minimum atomic E-state index is -0.00710. The van der Waals surface area contributed by atoms with Crippen LogP contribution in [0.1, 0.15) is 12.5 Å². The monoisotopic (exact) mass is 329 g/mol. The Balaban J connectivity index is 1.96. The molecule has 0 radical (unpaired) electrons. The minimum Gasteiger partial charge on any atom is -0.497 e. The summed E-state index contributed by atoms with van der Waals surface area (Å²) in [5.74, 6) is 0.830. The van der Waals surface area contributed by atoms with Crippen LogP contribution in [0, 0.1) is 0 Å². The predicted molar refractivity (Wildman–Crippen MR) is 96.1 cm³/mol. The number of thiocarbonyl (C=S) groups is 1. The number of hydrogen-bond donors (Lipinski definition) is 0. The van der Waals surface area contributed by atoms with Gasteiger partial charge in [-0.15, -0.1) is 0 Å². The summed E-state index contributed by atoms with van der Waals surface area (Å²) in [4.78, 5) is 14.5. The van der Waals surface area contributed by atoms with Crippen molar-refractivity contribution in [2.75, 3.05) is 13.7 Å². The van der Waals surface area contributed by atoms with E-state index in [9.17, 15) is 4.79 Å². The lowest BCUT2D eigenvalue weighted by Gasteiger charge is -2.09. The number of carbonyl (C=O) groups is 1. The number of rotatable bonds is 3. The fraction of sp³-hybridized carbons (Fsp3) is 0.176. The molecule has 5 heteroatoms. The number of fused-ring (bicyclic) bond motifs is 1. The zero-order valence-corrected chi connectivity index (χ0v) is 14.0. The molecule has 0 saturated carbocycles. The Kier molecular flexibility index (Phi) is 4.18. The van der Waals surface area contributed by atoms with Gasteiger partial charge < -0.3 is 4.74 Å². The van der Waals surface area contributed by atoms with E-state index in [-0.39, 0.29) is 5.91 Å². The summed E-state index contributed by atoms with van der Waals surface area (Å²) in [7, 11) is 1.66. The smallest absolute Gasteiger partial charge is 0.266 e. The number of methoxy groups -OCH3 is 1. The first-order chi connectivity index (χ1) is 10.6. The highest BCUT2D eigenvalue weighted by atomic mass is 32.2. The fourth-order valence-electron chi connectivity index (χ4n) is 2.38. The van der Waals surface area contributed by atoms with Crippen molar-refractivity contribution < 1.29 is 9.53 Å². The second-order valence-electron chi connectivity index (χ2n) is 4.90. The van der Waals surface area contributed by atoms with Crippen LogP contribution in [0.3, 0.4) is 0 Å². The average molecular weight is 329 g/mol. The highest BCUT2D eigenvalue weighted by Crippen LogP contribution is 2.32. The Morgan fingerprint density at radius 3 is 2.64 bits per heavy atom. The molecule has 3 nitrogen and oxygen atoms in total. The van der Waals surface area contributed by atoms with Gasteiger partial charge in [-0.25, -0.2) is 0 Å². The zero-order chi connectivity index (χ0) is 15.7. The Morgan fingerprint density at radius 1 is 1.23 bits per heavy atom. The maximum absolute atomic E-state index is 12.2. The van der Waals surface area contributed by atoms with Gasteiger partial charge in [-0.1, -0.05) is 42.2 Å². The Bertz CT molecular complexity index is 798. The molecule has 1 heterocycles. The van der Waals surface area contributed by atoms with E-state index in [0.717, 1.165) is 22.1 Å². The normalized spacial score (nSPS) is 16.8. The summed E-state index contributed by atoms with van der Waals surface area (Å²) in [6.45, 7) is 2.54. The van der Waals surface area contributed by atoms with Gasteiger partial charge in [-0.2, -0.15) is 0 Å². The van der Waals surface area contributed by atoms with Gasteiger partial charge in [0.25, 0.3) is 5.91 Å². The van der Waals surface area contributed by atoms with E-state index in [0.29, 0.717) is 15.8 Å². The summed E-state index contributed by atoms with van der Waals surface area (Å²) in [6, 6.07) is 12.0. The van der Waals surface area contributed by atoms with Crippen molar-refractivity contribution in [3.63, 3.8) is 0 Å². The third kappa shape index (κ3) is 2.74. The summed E-state index contributed by atoms with van der Waals surface area (Å²) >= 11 is 6.59. The molecule has 0 aliphatic carbocycles. The van der Waals surface area contributed by atoms with Crippen LogP contribution in [0.25, 0.3) is 16.8 Å². The molecular weight excluding hydrogens is 314 g/mol. The Hall–Kier alpha value is -1.85. The molecule has 0 spiro atoms. The van der Waals surface area contributed by atoms with Gasteiger partial charge >= 0.3 is 0 Å². The van der Waals surface area contributed by atoms with Crippen molar-refractivity contribution in [2.45, 2.75) is 6.92 Å². The molecular formula is C17H15NO2S2. The largest absolute Gasteiger partial charge is 0.497 e. The number of thioether (sulfide) groups is 1. The first kappa shape index (κ1) is 15.1. The molecule has 1 fully saturated rings. The lowest BCUT2D eigenvalue weighted by atomic mass is 10.1. The van der Waals surface area contributed by atoms with Crippen molar-refractivity contribution in [1.29, 1.82) is 0 Å². The molecule has 1 saturated heterocycles. The Labute approximate surface area is 138 Å². The quantitative estimate of drug-likeness (QED) is 0.627. The number of hydrogen-bond acceptors (Lipinski definition) is 4. The van der Waals surface area contributed by atoms with E-state index in [1.54, 1.807) is 12.0 Å². The van der Waals surface area contributed by atoms with Crippen LogP contribution in [0.2, 0.25) is 0 Å². The standard InChI is InChI=1S/C17H15NO2S2/c1-3-18-16(19)15(22-17(18)21)9-11-4-5-13-10-14(20-2)7-6-12(13)8-11/h4-10H,3H2,1-2H3/b15-9+. The van der Waals surface area contributed by atoms with E-state index < -0.39 is 0 Å². The van der Waals surface area contributed by atoms with E-state index in [1.165, 1.54) is 11.8 Å². The summed E-state index contributed by atoms with van der Waals surface area (Å²) in [6.07, 6.45) is 1.90. The first-order valence-electron chi connectivity index (χ1n) is 6.95. The van der Waals surface area contributed by atoms with Gasteiger partial charge in [0, 0.05) is 6.54 Å². The topological polar surface area (TPSA) is 29.5 Å². The Morgan fingerprint density at radius 2 is 1.95 bits per heavy atom. The third-order valence-corrected chi connectivity index (χ3v) is 4.94. The fourth-order valence-corrected chi connectivity index (χ4v) is 3.77. The highest BCUT2D eigenvalue weighted by molar-refractivity contribution is 8.26. The van der Waals surface area contributed by atoms with Gasteiger partial charge in [0.05, 0.1) is 12.0 Å². The lowest BCUT2D eigenvalue weighted by molar-refractivity contribution is -0.121. The molecule has 0 N–H and O–H groups in total. The molecule has 1 aliphatic rings. The van der Waals surface area contributed by atoms with Crippen LogP contribution in [0.4, 0.5) is 0 Å². The maximum Gasteiger partial charge on any atom is 0.266 e. The molecule has 0 atom stereocenters. The molecule has 1 amide bonds. The van der Waals surface area contributed by atoms with Crippen LogP contribution in [0.5, 0.6) is 5.75 Å². The predicted octanol–water partition coefficient (Wildman–Crippen LogP) is 4.07. The van der Waals surface area contributed by atoms with Crippen molar-refractivity contribution in [2.24, 2.45) is 0 Å². The highest BCUT2D eigenvalue weighted by Gasteiger charge is 2.30. The lowest BCUT2D eigenvalue weighted by Crippen LogP contribution is -2.27. The molecule has 1 aliphatic heterocycles. The van der Waals surface area contributed by atoms with E-state index in [1.807, 2.05) is 43.3 Å². The van der Waals surface area contributed by atoms with Crippen LogP contribution >= 0.6 is 24.0 Å². The molecule has 2 aromatic carbocycles. The number of carbonyl (C=O) groups excluding carboxylic acids is 1. The average Bonchev–Trinajstić information content (AvgIpc) is 2.80. The van der Waals surface area contributed by atoms with Crippen molar-refractivity contribution in [1.82, 2.24) is 4.90 Å². The number of likely N-dealkylation sites (N-methyl/N-ethyl adjacent to an activating group) is 1. The molecule has 0 unspecified atom stereocenters. The number of benzene rings is 2. The van der Waals surface area contributed by atoms with Gasteiger partial charge in [-0.3, -0.25) is 9.69 Å². The second kappa shape index (κ2) is 6.10. The SMILES string of the molecule is CCN1C(=O)/C(=C\c2ccc3cc(OC)ccc3c2)SC1=S. The van der Waals surface area contributed by atoms with Crippen molar-refractivity contribution in [3.05, 3.63) is 46.9 Å². The summed E-state index contributed by atoms with van der Waals surface area (Å²) in [5, 5.41) is 2.22. The number of nitrogens with zero attached hydrogens (tertiary/aromatic N) is 1. The summed E-state index contributed by atoms with van der Waals surface area (Å²) < 4.78 is 5.86. The molecule has 2 aromatic rings. The molecule has 0 bridgehead atoms. The third-order valence-electron chi connectivity index (χ3n) is 3.56. The van der Waals surface area contributed by atoms with Crippen molar-refractivity contribution in [3.8, 4) is 5.75 Å². The van der Waals surface area contributed by atoms with Gasteiger partial charge in [-0.05, 0) is 47.5 Å². The van der Waals surface area contributed by atoms with Crippen molar-refractivity contribution >= 4 is 51.1 Å². The van der Waals surface area contributed by atoms with Gasteiger partial charge in [0.2, 0.25) is 0 Å². The molecule has 3 rings (SSSR count). The molecule has 112 valence electrons. The molecule has 22 heavy (non-hydrogen) atoms. The minimum absolute atomic E-state index is 0.00710. The van der Waals surface area contributed by atoms with Crippen LogP contribution in [-0.4, -0.2) is 28.8 Å². The molecule has 0 aromatic heterocycles.